The third kappa shape index (κ3) is 2.63. The Balaban J connectivity index is 2.15. The quantitative estimate of drug-likeness (QED) is 0.783. The highest BCUT2D eigenvalue weighted by Gasteiger charge is 2.35. The molecule has 2 rings (SSSR count). The Morgan fingerprint density at radius 2 is 2.00 bits per heavy atom. The number of hydrogen-bond acceptors (Lipinski definition) is 3. The van der Waals surface area contributed by atoms with Gasteiger partial charge in [0.05, 0.1) is 18.7 Å². The second kappa shape index (κ2) is 5.19. The van der Waals surface area contributed by atoms with Gasteiger partial charge in [-0.2, -0.15) is 5.26 Å². The first-order valence-corrected chi connectivity index (χ1v) is 6.23. The largest absolute Gasteiger partial charge is 0.491 e. The van der Waals surface area contributed by atoms with Gasteiger partial charge in [-0.1, -0.05) is 12.1 Å². The first-order chi connectivity index (χ1) is 9.02. The van der Waals surface area contributed by atoms with E-state index in [1.54, 1.807) is 11.9 Å². The number of likely N-dealkylation sites (N-methyl/N-ethyl adjacent to an activating group) is 1. The van der Waals surface area contributed by atoms with Gasteiger partial charge >= 0.3 is 6.03 Å². The van der Waals surface area contributed by atoms with Gasteiger partial charge in [-0.05, 0) is 31.5 Å². The van der Waals surface area contributed by atoms with Crippen molar-refractivity contribution in [3.05, 3.63) is 29.8 Å². The molecule has 5 nitrogen and oxygen atoms in total. The van der Waals surface area contributed by atoms with Gasteiger partial charge in [0.1, 0.15) is 5.75 Å². The molecule has 2 amide bonds. The highest BCUT2D eigenvalue weighted by atomic mass is 16.5. The molecule has 1 aliphatic heterocycles. The van der Waals surface area contributed by atoms with E-state index >= 15 is 0 Å². The number of carbonyl (C=O) groups excluding carboxylic acids is 1. The van der Waals surface area contributed by atoms with Gasteiger partial charge < -0.3 is 9.64 Å². The molecule has 1 saturated heterocycles. The van der Waals surface area contributed by atoms with Crippen LogP contribution in [0.3, 0.4) is 0 Å². The van der Waals surface area contributed by atoms with Gasteiger partial charge in [-0.3, -0.25) is 0 Å². The van der Waals surface area contributed by atoms with Crippen LogP contribution in [0.1, 0.15) is 25.5 Å². The highest BCUT2D eigenvalue weighted by Crippen LogP contribution is 2.28. The third-order valence-corrected chi connectivity index (χ3v) is 3.11. The fourth-order valence-electron chi connectivity index (χ4n) is 2.15. The molecule has 0 aliphatic carbocycles. The Morgan fingerprint density at radius 1 is 1.37 bits per heavy atom. The predicted octanol–water partition coefficient (Wildman–Crippen LogP) is 2.36. The van der Waals surface area contributed by atoms with Crippen LogP contribution >= 0.6 is 0 Å². The van der Waals surface area contributed by atoms with Gasteiger partial charge in [0.15, 0.2) is 6.19 Å². The predicted molar refractivity (Wildman–Crippen MR) is 70.4 cm³/mol. The van der Waals surface area contributed by atoms with Gasteiger partial charge in [0.25, 0.3) is 0 Å². The molecule has 0 aromatic heterocycles. The molecule has 5 heteroatoms. The van der Waals surface area contributed by atoms with Crippen molar-refractivity contribution in [1.29, 1.82) is 5.26 Å². The molecule has 1 unspecified atom stereocenters. The summed E-state index contributed by atoms with van der Waals surface area (Å²) in [7, 11) is 1.71. The third-order valence-electron chi connectivity index (χ3n) is 3.11. The molecule has 1 atom stereocenters. The summed E-state index contributed by atoms with van der Waals surface area (Å²) in [6, 6.07) is 7.32. The number of amides is 2. The maximum atomic E-state index is 11.7. The lowest BCUT2D eigenvalue weighted by atomic mass is 10.1. The normalized spacial score (nSPS) is 18.9. The van der Waals surface area contributed by atoms with E-state index in [1.165, 1.54) is 4.90 Å². The fraction of sp³-hybridized carbons (Fsp3) is 0.429. The van der Waals surface area contributed by atoms with Crippen molar-refractivity contribution in [3.63, 3.8) is 0 Å². The fourth-order valence-corrected chi connectivity index (χ4v) is 2.15. The Morgan fingerprint density at radius 3 is 2.47 bits per heavy atom. The van der Waals surface area contributed by atoms with Crippen molar-refractivity contribution in [2.24, 2.45) is 0 Å². The summed E-state index contributed by atoms with van der Waals surface area (Å²) in [6.45, 7) is 4.35. The number of nitriles is 1. The minimum atomic E-state index is -0.255. The van der Waals surface area contributed by atoms with E-state index in [4.69, 9.17) is 10.00 Å². The molecule has 1 aliphatic rings. The topological polar surface area (TPSA) is 56.6 Å². The van der Waals surface area contributed by atoms with Gasteiger partial charge in [-0.25, -0.2) is 9.69 Å². The summed E-state index contributed by atoms with van der Waals surface area (Å²) in [5.41, 5.74) is 1.00. The monoisotopic (exact) mass is 259 g/mol. The molecule has 0 N–H and O–H groups in total. The van der Waals surface area contributed by atoms with Gasteiger partial charge in [0.2, 0.25) is 0 Å². The van der Waals surface area contributed by atoms with Crippen molar-refractivity contribution >= 4 is 6.03 Å². The Labute approximate surface area is 113 Å². The molecule has 1 fully saturated rings. The summed E-state index contributed by atoms with van der Waals surface area (Å²) >= 11 is 0. The van der Waals surface area contributed by atoms with Crippen LogP contribution in [0.15, 0.2) is 24.3 Å². The van der Waals surface area contributed by atoms with Crippen LogP contribution in [0.4, 0.5) is 4.79 Å². The molecule has 100 valence electrons. The summed E-state index contributed by atoms with van der Waals surface area (Å²) < 4.78 is 5.58. The Bertz CT molecular complexity index is 504. The van der Waals surface area contributed by atoms with E-state index in [2.05, 4.69) is 0 Å². The highest BCUT2D eigenvalue weighted by molar-refractivity contribution is 5.78. The van der Waals surface area contributed by atoms with Crippen molar-refractivity contribution in [2.45, 2.75) is 26.0 Å². The maximum absolute atomic E-state index is 11.7. The zero-order valence-electron chi connectivity index (χ0n) is 11.3. The number of rotatable bonds is 3. The molecular formula is C14H17N3O2. The minimum Gasteiger partial charge on any atom is -0.491 e. The van der Waals surface area contributed by atoms with Crippen LogP contribution in [-0.2, 0) is 0 Å². The van der Waals surface area contributed by atoms with Crippen LogP contribution in [-0.4, -0.2) is 35.5 Å². The van der Waals surface area contributed by atoms with E-state index in [0.717, 1.165) is 11.3 Å². The average Bonchev–Trinajstić information content (AvgIpc) is 2.66. The molecule has 0 spiro atoms. The molecule has 0 bridgehead atoms. The average molecular weight is 259 g/mol. The lowest BCUT2D eigenvalue weighted by molar-refractivity contribution is 0.205. The van der Waals surface area contributed by atoms with Crippen LogP contribution in [0, 0.1) is 11.5 Å². The molecule has 1 aromatic rings. The van der Waals surface area contributed by atoms with Crippen LogP contribution in [0.2, 0.25) is 0 Å². The Kier molecular flexibility index (Phi) is 3.61. The van der Waals surface area contributed by atoms with Crippen molar-refractivity contribution < 1.29 is 9.53 Å². The lowest BCUT2D eigenvalue weighted by Crippen LogP contribution is -2.26. The summed E-state index contributed by atoms with van der Waals surface area (Å²) in [5, 5.41) is 8.87. The smallest absolute Gasteiger partial charge is 0.333 e. The van der Waals surface area contributed by atoms with Gasteiger partial charge in [-0.15, -0.1) is 0 Å². The molecule has 1 aromatic carbocycles. The minimum absolute atomic E-state index is 0.0831. The molecular weight excluding hydrogens is 242 g/mol. The Hall–Kier alpha value is -2.22. The van der Waals surface area contributed by atoms with Crippen LogP contribution in [0.25, 0.3) is 0 Å². The number of carbonyl (C=O) groups is 1. The first-order valence-electron chi connectivity index (χ1n) is 6.23. The number of urea groups is 1. The van der Waals surface area contributed by atoms with Crippen molar-refractivity contribution in [1.82, 2.24) is 9.80 Å². The summed E-state index contributed by atoms with van der Waals surface area (Å²) in [5.74, 6) is 0.808. The van der Waals surface area contributed by atoms with E-state index in [1.807, 2.05) is 44.3 Å². The summed E-state index contributed by atoms with van der Waals surface area (Å²) in [6.07, 6.45) is 2.03. The van der Waals surface area contributed by atoms with Gasteiger partial charge in [0, 0.05) is 7.05 Å². The van der Waals surface area contributed by atoms with Crippen LogP contribution in [0.5, 0.6) is 5.75 Å². The van der Waals surface area contributed by atoms with Crippen molar-refractivity contribution in [3.8, 4) is 11.9 Å². The number of benzene rings is 1. The van der Waals surface area contributed by atoms with Crippen molar-refractivity contribution in [2.75, 3.05) is 13.6 Å². The van der Waals surface area contributed by atoms with E-state index in [-0.39, 0.29) is 18.2 Å². The number of ether oxygens (including phenoxy) is 1. The second-order valence-corrected chi connectivity index (χ2v) is 4.86. The van der Waals surface area contributed by atoms with Crippen LogP contribution < -0.4 is 4.74 Å². The lowest BCUT2D eigenvalue weighted by Gasteiger charge is -2.18. The zero-order chi connectivity index (χ0) is 14.0. The second-order valence-electron chi connectivity index (χ2n) is 4.86. The van der Waals surface area contributed by atoms with E-state index < -0.39 is 0 Å². The number of hydrogen-bond donors (Lipinski definition) is 0. The molecule has 1 heterocycles. The number of nitrogens with zero attached hydrogens (tertiary/aromatic N) is 3. The molecule has 19 heavy (non-hydrogen) atoms. The molecule has 0 saturated carbocycles. The SMILES string of the molecule is CC(C)Oc1ccc(C2CN(C#N)C(=O)N2C)cc1. The summed E-state index contributed by atoms with van der Waals surface area (Å²) in [4.78, 5) is 14.5. The van der Waals surface area contributed by atoms with E-state index in [0.29, 0.717) is 6.54 Å². The maximum Gasteiger partial charge on any atom is 0.333 e. The first kappa shape index (κ1) is 13.2. The standard InChI is InChI=1S/C14H17N3O2/c1-10(2)19-12-6-4-11(5-7-12)13-8-17(9-15)14(18)16(13)3/h4-7,10,13H,8H2,1-3H3. The van der Waals surface area contributed by atoms with E-state index in [9.17, 15) is 4.79 Å². The molecule has 0 radical (unpaired) electrons. The zero-order valence-corrected chi connectivity index (χ0v) is 11.3.